The van der Waals surface area contributed by atoms with Crippen molar-refractivity contribution in [3.63, 3.8) is 0 Å². The molecule has 3 rings (SSSR count). The van der Waals surface area contributed by atoms with Crippen LogP contribution >= 0.6 is 0 Å². The molecule has 8 nitrogen and oxygen atoms in total. The number of anilines is 1. The fourth-order valence-electron chi connectivity index (χ4n) is 4.25. The van der Waals surface area contributed by atoms with E-state index in [9.17, 15) is 4.79 Å². The molecule has 0 radical (unpaired) electrons. The smallest absolute Gasteiger partial charge is 0.325 e. The first kappa shape index (κ1) is 25.4. The van der Waals surface area contributed by atoms with Gasteiger partial charge in [0.25, 0.3) is 0 Å². The highest BCUT2D eigenvalue weighted by molar-refractivity contribution is 5.93. The molecule has 0 atom stereocenters. The summed E-state index contributed by atoms with van der Waals surface area (Å²) >= 11 is 0. The van der Waals surface area contributed by atoms with Gasteiger partial charge in [0, 0.05) is 49.6 Å². The molecular weight excluding hydrogens is 432 g/mol. The van der Waals surface area contributed by atoms with Crippen LogP contribution < -0.4 is 20.1 Å². The van der Waals surface area contributed by atoms with E-state index in [1.165, 1.54) is 4.57 Å². The lowest BCUT2D eigenvalue weighted by Gasteiger charge is -2.33. The lowest BCUT2D eigenvalue weighted by atomic mass is 9.82. The number of methoxy groups -OCH3 is 1. The average Bonchev–Trinajstić information content (AvgIpc) is 3.14. The Morgan fingerprint density at radius 3 is 2.50 bits per heavy atom. The van der Waals surface area contributed by atoms with Crippen molar-refractivity contribution in [2.45, 2.75) is 46.6 Å². The zero-order chi connectivity index (χ0) is 24.9. The van der Waals surface area contributed by atoms with E-state index in [4.69, 9.17) is 14.2 Å². The maximum absolute atomic E-state index is 12.2. The number of fused-ring (bicyclic) bond motifs is 1. The minimum absolute atomic E-state index is 0.139. The monoisotopic (exact) mass is 468 g/mol. The molecule has 0 bridgehead atoms. The number of aromatic nitrogens is 2. The minimum Gasteiger partial charge on any atom is -0.487 e. The van der Waals surface area contributed by atoms with Gasteiger partial charge in [-0.2, -0.15) is 0 Å². The number of hydrogen-bond acceptors (Lipinski definition) is 6. The molecule has 1 amide bonds. The molecule has 0 unspecified atom stereocenters. The van der Waals surface area contributed by atoms with E-state index in [1.54, 1.807) is 32.6 Å². The summed E-state index contributed by atoms with van der Waals surface area (Å²) < 4.78 is 18.8. The molecule has 0 aliphatic carbocycles. The summed E-state index contributed by atoms with van der Waals surface area (Å²) in [6.45, 7) is 11.8. The molecule has 0 spiro atoms. The number of hydrogen-bond donors (Lipinski definition) is 2. The molecule has 0 fully saturated rings. The predicted molar refractivity (Wildman–Crippen MR) is 135 cm³/mol. The van der Waals surface area contributed by atoms with Crippen molar-refractivity contribution in [2.75, 3.05) is 32.7 Å². The Morgan fingerprint density at radius 1 is 1.06 bits per heavy atom. The maximum atomic E-state index is 12.2. The predicted octanol–water partition coefficient (Wildman–Crippen LogP) is 5.67. The third kappa shape index (κ3) is 6.63. The van der Waals surface area contributed by atoms with E-state index in [0.29, 0.717) is 30.5 Å². The number of ether oxygens (including phenoxy) is 3. The van der Waals surface area contributed by atoms with Gasteiger partial charge in [-0.15, -0.1) is 0 Å². The largest absolute Gasteiger partial charge is 0.487 e. The Kier molecular flexibility index (Phi) is 7.71. The molecule has 0 aliphatic rings. The van der Waals surface area contributed by atoms with Gasteiger partial charge in [0.05, 0.1) is 12.1 Å². The zero-order valence-electron chi connectivity index (χ0n) is 21.2. The first-order valence-corrected chi connectivity index (χ1v) is 11.4. The second kappa shape index (κ2) is 10.3. The number of benzene rings is 1. The van der Waals surface area contributed by atoms with Crippen molar-refractivity contribution in [1.82, 2.24) is 14.9 Å². The normalized spacial score (nSPS) is 12.0. The molecule has 1 aromatic carbocycles. The van der Waals surface area contributed by atoms with E-state index < -0.39 is 0 Å². The van der Waals surface area contributed by atoms with Gasteiger partial charge >= 0.3 is 6.03 Å². The van der Waals surface area contributed by atoms with Crippen LogP contribution in [0, 0.1) is 5.41 Å². The highest BCUT2D eigenvalue weighted by Gasteiger charge is 2.25. The second-order valence-electron chi connectivity index (χ2n) is 10.2. The van der Waals surface area contributed by atoms with Crippen molar-refractivity contribution < 1.29 is 19.0 Å². The number of amides is 1. The Labute approximate surface area is 201 Å². The third-order valence-corrected chi connectivity index (χ3v) is 5.13. The highest BCUT2D eigenvalue weighted by Crippen LogP contribution is 2.37. The topological polar surface area (TPSA) is 86.6 Å². The van der Waals surface area contributed by atoms with Crippen molar-refractivity contribution in [3.8, 4) is 17.2 Å². The number of pyridine rings is 1. The molecule has 3 aromatic rings. The Balaban J connectivity index is 1.90. The summed E-state index contributed by atoms with van der Waals surface area (Å²) in [5.41, 5.74) is 0.764. The van der Waals surface area contributed by atoms with Crippen LogP contribution in [-0.2, 0) is 4.74 Å². The first-order chi connectivity index (χ1) is 16.0. The van der Waals surface area contributed by atoms with Crippen LogP contribution in [-0.4, -0.2) is 48.5 Å². The van der Waals surface area contributed by atoms with Crippen LogP contribution in [0.5, 0.6) is 17.2 Å². The van der Waals surface area contributed by atoms with Crippen molar-refractivity contribution in [1.29, 1.82) is 0 Å². The van der Waals surface area contributed by atoms with Gasteiger partial charge in [-0.05, 0) is 43.9 Å². The maximum Gasteiger partial charge on any atom is 0.325 e. The van der Waals surface area contributed by atoms with Gasteiger partial charge in [0.2, 0.25) is 0 Å². The number of carbonyl (C=O) groups is 1. The SMILES string of the molecule is CNC(=O)n1ccc2cc(Oc3ccnc(NC(C)(C)CC(C)(C)C)c3)c(OCCOC)cc21. The molecule has 2 aromatic heterocycles. The molecular formula is C26H36N4O4. The van der Waals surface area contributed by atoms with Crippen molar-refractivity contribution in [2.24, 2.45) is 5.41 Å². The summed E-state index contributed by atoms with van der Waals surface area (Å²) in [5.74, 6) is 2.43. The second-order valence-corrected chi connectivity index (χ2v) is 10.2. The fraction of sp³-hybridized carbons (Fsp3) is 0.462. The molecule has 2 N–H and O–H groups in total. The van der Waals surface area contributed by atoms with Crippen LogP contribution in [0.4, 0.5) is 10.6 Å². The average molecular weight is 469 g/mol. The zero-order valence-corrected chi connectivity index (χ0v) is 21.2. The van der Waals surface area contributed by atoms with Gasteiger partial charge in [0.1, 0.15) is 18.2 Å². The fourth-order valence-corrected chi connectivity index (χ4v) is 4.25. The molecule has 2 heterocycles. The number of nitrogens with one attached hydrogen (secondary N) is 2. The van der Waals surface area contributed by atoms with Gasteiger partial charge in [-0.25, -0.2) is 9.78 Å². The lowest BCUT2D eigenvalue weighted by Crippen LogP contribution is -2.35. The van der Waals surface area contributed by atoms with Gasteiger partial charge < -0.3 is 24.8 Å². The molecule has 184 valence electrons. The van der Waals surface area contributed by atoms with Crippen LogP contribution in [0.1, 0.15) is 41.0 Å². The minimum atomic E-state index is -0.228. The number of nitrogens with zero attached hydrogens (tertiary/aromatic N) is 2. The van der Waals surface area contributed by atoms with Crippen LogP contribution in [0.25, 0.3) is 10.9 Å². The summed E-state index contributed by atoms with van der Waals surface area (Å²) in [6.07, 6.45) is 4.41. The molecule has 0 aliphatic heterocycles. The molecule has 0 saturated heterocycles. The molecule has 8 heteroatoms. The Morgan fingerprint density at radius 2 is 1.82 bits per heavy atom. The standard InChI is InChI=1S/C26H36N4O4/c1-25(2,3)17-26(4,5)29-23-15-19(8-10-28-23)34-22-14-18-9-11-30(24(31)27-6)20(18)16-21(22)33-13-12-32-7/h8-11,14-16H,12-13,17H2,1-7H3,(H,27,31)(H,28,29). The first-order valence-electron chi connectivity index (χ1n) is 11.4. The molecule has 34 heavy (non-hydrogen) atoms. The highest BCUT2D eigenvalue weighted by atomic mass is 16.5. The summed E-state index contributed by atoms with van der Waals surface area (Å²) in [7, 11) is 3.22. The number of carbonyl (C=O) groups excluding carboxylic acids is 1. The number of rotatable bonds is 9. The van der Waals surface area contributed by atoms with Gasteiger partial charge in [-0.3, -0.25) is 4.57 Å². The van der Waals surface area contributed by atoms with Crippen LogP contribution in [0.3, 0.4) is 0 Å². The van der Waals surface area contributed by atoms with E-state index in [0.717, 1.165) is 23.1 Å². The van der Waals surface area contributed by atoms with Crippen molar-refractivity contribution >= 4 is 22.8 Å². The summed E-state index contributed by atoms with van der Waals surface area (Å²) in [4.78, 5) is 16.7. The van der Waals surface area contributed by atoms with Gasteiger partial charge in [-0.1, -0.05) is 20.8 Å². The van der Waals surface area contributed by atoms with Gasteiger partial charge in [0.15, 0.2) is 11.5 Å². The van der Waals surface area contributed by atoms with E-state index in [2.05, 4.69) is 50.2 Å². The van der Waals surface area contributed by atoms with Crippen LogP contribution in [0.2, 0.25) is 0 Å². The van der Waals surface area contributed by atoms with E-state index in [1.807, 2.05) is 24.3 Å². The third-order valence-electron chi connectivity index (χ3n) is 5.13. The molecule has 0 saturated carbocycles. The lowest BCUT2D eigenvalue weighted by molar-refractivity contribution is 0.145. The Hall–Kier alpha value is -3.26. The quantitative estimate of drug-likeness (QED) is 0.394. The Bertz CT molecular complexity index is 1130. The summed E-state index contributed by atoms with van der Waals surface area (Å²) in [5, 5.41) is 7.02. The van der Waals surface area contributed by atoms with Crippen LogP contribution in [0.15, 0.2) is 42.7 Å². The van der Waals surface area contributed by atoms with Crippen molar-refractivity contribution in [3.05, 3.63) is 42.7 Å². The summed E-state index contributed by atoms with van der Waals surface area (Å²) in [6, 6.07) is 9.00. The van der Waals surface area contributed by atoms with E-state index in [-0.39, 0.29) is 17.0 Å². The van der Waals surface area contributed by atoms with E-state index >= 15 is 0 Å².